The molecule has 2 atom stereocenters. The molecular weight excluding hydrogens is 282 g/mol. The van der Waals surface area contributed by atoms with Gasteiger partial charge in [-0.15, -0.1) is 0 Å². The van der Waals surface area contributed by atoms with Crippen LogP contribution in [0.5, 0.6) is 0 Å². The number of aromatic amines is 1. The summed E-state index contributed by atoms with van der Waals surface area (Å²) < 4.78 is 5.15. The Labute approximate surface area is 126 Å². The largest absolute Gasteiger partial charge is 0.480 e. The number of aliphatic carboxylic acids is 1. The molecule has 0 fully saturated rings. The van der Waals surface area contributed by atoms with Crippen LogP contribution in [0.25, 0.3) is 10.9 Å². The molecular formula is C16H15N3O3. The lowest BCUT2D eigenvalue weighted by Crippen LogP contribution is -2.45. The van der Waals surface area contributed by atoms with Gasteiger partial charge in [0, 0.05) is 29.1 Å². The van der Waals surface area contributed by atoms with Crippen molar-refractivity contribution in [2.45, 2.75) is 25.4 Å². The number of hydrogen-bond donors (Lipinski definition) is 3. The van der Waals surface area contributed by atoms with Gasteiger partial charge in [-0.2, -0.15) is 0 Å². The van der Waals surface area contributed by atoms with Crippen LogP contribution in [-0.2, 0) is 11.2 Å². The van der Waals surface area contributed by atoms with Gasteiger partial charge in [0.1, 0.15) is 17.5 Å². The molecule has 1 aliphatic heterocycles. The number of carboxylic acid groups (broad SMARTS) is 1. The Hall–Kier alpha value is -2.60. The molecule has 6 heteroatoms. The zero-order valence-electron chi connectivity index (χ0n) is 12.0. The molecule has 0 unspecified atom stereocenters. The van der Waals surface area contributed by atoms with E-state index in [1.54, 1.807) is 0 Å². The van der Waals surface area contributed by atoms with Crippen molar-refractivity contribution in [3.05, 3.63) is 53.0 Å². The Bertz CT molecular complexity index is 865. The second-order valence-corrected chi connectivity index (χ2v) is 5.62. The zero-order chi connectivity index (χ0) is 15.3. The van der Waals surface area contributed by atoms with Crippen LogP contribution in [0.4, 0.5) is 0 Å². The molecule has 112 valence electrons. The number of H-pyrrole nitrogens is 1. The van der Waals surface area contributed by atoms with E-state index in [1.165, 1.54) is 0 Å². The van der Waals surface area contributed by atoms with Crippen molar-refractivity contribution in [2.75, 3.05) is 0 Å². The highest BCUT2D eigenvalue weighted by molar-refractivity contribution is 5.87. The zero-order valence-corrected chi connectivity index (χ0v) is 12.0. The van der Waals surface area contributed by atoms with Crippen molar-refractivity contribution in [3.8, 4) is 0 Å². The molecule has 0 amide bonds. The lowest BCUT2D eigenvalue weighted by Gasteiger charge is -2.27. The fourth-order valence-electron chi connectivity index (χ4n) is 3.15. The highest BCUT2D eigenvalue weighted by Gasteiger charge is 2.35. The van der Waals surface area contributed by atoms with Gasteiger partial charge < -0.3 is 14.6 Å². The maximum Gasteiger partial charge on any atom is 0.321 e. The van der Waals surface area contributed by atoms with Gasteiger partial charge in [0.05, 0.1) is 6.04 Å². The molecule has 0 spiro atoms. The molecule has 0 aliphatic carbocycles. The van der Waals surface area contributed by atoms with Crippen LogP contribution in [0.1, 0.15) is 28.8 Å². The normalized spacial score (nSPS) is 21.0. The number of aryl methyl sites for hydroxylation is 1. The maximum absolute atomic E-state index is 11.5. The minimum absolute atomic E-state index is 0.310. The van der Waals surface area contributed by atoms with Crippen LogP contribution in [0.3, 0.4) is 0 Å². The third-order valence-corrected chi connectivity index (χ3v) is 4.15. The van der Waals surface area contributed by atoms with Gasteiger partial charge in [-0.3, -0.25) is 10.1 Å². The number of nitrogens with zero attached hydrogens (tertiary/aromatic N) is 1. The number of rotatable bonds is 2. The van der Waals surface area contributed by atoms with E-state index in [9.17, 15) is 9.90 Å². The number of benzene rings is 1. The van der Waals surface area contributed by atoms with E-state index in [0.29, 0.717) is 17.9 Å². The number of aromatic nitrogens is 2. The fourth-order valence-corrected chi connectivity index (χ4v) is 3.15. The molecule has 3 aromatic rings. The van der Waals surface area contributed by atoms with Crippen LogP contribution in [0.15, 0.2) is 34.9 Å². The minimum Gasteiger partial charge on any atom is -0.480 e. The third kappa shape index (κ3) is 1.92. The van der Waals surface area contributed by atoms with Crippen molar-refractivity contribution < 1.29 is 14.4 Å². The smallest absolute Gasteiger partial charge is 0.321 e. The minimum atomic E-state index is -0.860. The molecule has 1 aromatic carbocycles. The summed E-state index contributed by atoms with van der Waals surface area (Å²) >= 11 is 0. The number of carbonyl (C=O) groups is 1. The number of fused-ring (bicyclic) bond motifs is 3. The molecule has 2 aromatic heterocycles. The summed E-state index contributed by atoms with van der Waals surface area (Å²) in [5.74, 6) is -0.159. The summed E-state index contributed by atoms with van der Waals surface area (Å²) in [6, 6.07) is 8.81. The molecule has 0 saturated heterocycles. The first kappa shape index (κ1) is 13.1. The van der Waals surface area contributed by atoms with Gasteiger partial charge in [0.15, 0.2) is 0 Å². The number of para-hydroxylation sites is 1. The highest BCUT2D eigenvalue weighted by atomic mass is 16.5. The van der Waals surface area contributed by atoms with Crippen LogP contribution in [0, 0.1) is 6.92 Å². The topological polar surface area (TPSA) is 91.2 Å². The Morgan fingerprint density at radius 3 is 2.95 bits per heavy atom. The molecule has 22 heavy (non-hydrogen) atoms. The molecule has 0 saturated carbocycles. The van der Waals surface area contributed by atoms with Crippen molar-refractivity contribution in [3.63, 3.8) is 0 Å². The average molecular weight is 297 g/mol. The van der Waals surface area contributed by atoms with Gasteiger partial charge in [0.25, 0.3) is 0 Å². The number of nitrogens with one attached hydrogen (secondary N) is 2. The van der Waals surface area contributed by atoms with Crippen LogP contribution < -0.4 is 5.32 Å². The van der Waals surface area contributed by atoms with E-state index in [1.807, 2.05) is 37.3 Å². The molecule has 1 aliphatic rings. The van der Waals surface area contributed by atoms with Crippen LogP contribution in [-0.4, -0.2) is 27.3 Å². The second kappa shape index (κ2) is 4.71. The van der Waals surface area contributed by atoms with E-state index in [0.717, 1.165) is 22.2 Å². The predicted molar refractivity (Wildman–Crippen MR) is 79.6 cm³/mol. The molecule has 4 rings (SSSR count). The van der Waals surface area contributed by atoms with E-state index in [4.69, 9.17) is 4.52 Å². The Kier molecular flexibility index (Phi) is 2.80. The lowest BCUT2D eigenvalue weighted by atomic mass is 9.92. The monoisotopic (exact) mass is 297 g/mol. The van der Waals surface area contributed by atoms with E-state index < -0.39 is 12.0 Å². The van der Waals surface area contributed by atoms with Crippen molar-refractivity contribution in [1.82, 2.24) is 15.5 Å². The van der Waals surface area contributed by atoms with Crippen molar-refractivity contribution in [2.24, 2.45) is 0 Å². The first-order valence-corrected chi connectivity index (χ1v) is 7.15. The SMILES string of the molecule is Cc1cc([C@@H]2N[C@H](C(=O)O)Cc3c2[nH]c2ccccc32)no1. The lowest BCUT2D eigenvalue weighted by molar-refractivity contribution is -0.139. The van der Waals surface area contributed by atoms with Crippen molar-refractivity contribution in [1.29, 1.82) is 0 Å². The molecule has 3 heterocycles. The van der Waals surface area contributed by atoms with Gasteiger partial charge in [0.2, 0.25) is 0 Å². The first-order valence-electron chi connectivity index (χ1n) is 7.15. The van der Waals surface area contributed by atoms with Gasteiger partial charge in [-0.05, 0) is 18.6 Å². The van der Waals surface area contributed by atoms with Crippen molar-refractivity contribution >= 4 is 16.9 Å². The Balaban J connectivity index is 1.91. The van der Waals surface area contributed by atoms with E-state index >= 15 is 0 Å². The van der Waals surface area contributed by atoms with E-state index in [-0.39, 0.29) is 6.04 Å². The average Bonchev–Trinajstić information content (AvgIpc) is 3.09. The summed E-state index contributed by atoms with van der Waals surface area (Å²) in [5.41, 5.74) is 3.70. The third-order valence-electron chi connectivity index (χ3n) is 4.15. The summed E-state index contributed by atoms with van der Waals surface area (Å²) in [6.45, 7) is 1.82. The predicted octanol–water partition coefficient (Wildman–Crippen LogP) is 2.15. The molecule has 0 radical (unpaired) electrons. The summed E-state index contributed by atoms with van der Waals surface area (Å²) in [4.78, 5) is 14.9. The van der Waals surface area contributed by atoms with E-state index in [2.05, 4.69) is 15.5 Å². The molecule has 6 nitrogen and oxygen atoms in total. The maximum atomic E-state index is 11.5. The summed E-state index contributed by atoms with van der Waals surface area (Å²) in [5, 5.41) is 17.7. The number of hydrogen-bond acceptors (Lipinski definition) is 4. The number of carboxylic acids is 1. The van der Waals surface area contributed by atoms with Crippen LogP contribution in [0.2, 0.25) is 0 Å². The first-order chi connectivity index (χ1) is 10.6. The molecule has 0 bridgehead atoms. The quantitative estimate of drug-likeness (QED) is 0.674. The van der Waals surface area contributed by atoms with Gasteiger partial charge in [-0.1, -0.05) is 23.4 Å². The summed E-state index contributed by atoms with van der Waals surface area (Å²) in [6.07, 6.45) is 0.446. The van der Waals surface area contributed by atoms with Crippen LogP contribution >= 0.6 is 0 Å². The van der Waals surface area contributed by atoms with Gasteiger partial charge in [-0.25, -0.2) is 0 Å². The Morgan fingerprint density at radius 2 is 2.23 bits per heavy atom. The summed E-state index contributed by atoms with van der Waals surface area (Å²) in [7, 11) is 0. The highest BCUT2D eigenvalue weighted by Crippen LogP contribution is 2.34. The Morgan fingerprint density at radius 1 is 1.41 bits per heavy atom. The fraction of sp³-hybridized carbons (Fsp3) is 0.250. The standard InChI is InChI=1S/C16H15N3O3/c1-8-6-12(19-22-8)15-14-10(7-13(18-15)16(20)21)9-4-2-3-5-11(9)17-14/h2-6,13,15,17-18H,7H2,1H3,(H,20,21)/t13-,15-/m0/s1. The molecule has 3 N–H and O–H groups in total. The second-order valence-electron chi connectivity index (χ2n) is 5.62. The van der Waals surface area contributed by atoms with Gasteiger partial charge >= 0.3 is 5.97 Å².